The van der Waals surface area contributed by atoms with Gasteiger partial charge in [-0.2, -0.15) is 5.26 Å². The molecule has 0 radical (unpaired) electrons. The zero-order valence-corrected chi connectivity index (χ0v) is 12.3. The van der Waals surface area contributed by atoms with E-state index in [-0.39, 0.29) is 17.0 Å². The smallest absolute Gasteiger partial charge is 0.335 e. The van der Waals surface area contributed by atoms with Crippen LogP contribution in [0.25, 0.3) is 0 Å². The maximum absolute atomic E-state index is 12.1. The summed E-state index contributed by atoms with van der Waals surface area (Å²) >= 11 is 0. The molecule has 0 aliphatic heterocycles. The van der Waals surface area contributed by atoms with Gasteiger partial charge in [0.15, 0.2) is 0 Å². The molecule has 7 heteroatoms. The Bertz CT molecular complexity index is 674. The van der Waals surface area contributed by atoms with Gasteiger partial charge in [-0.05, 0) is 38.0 Å². The molecule has 1 aromatic rings. The van der Waals surface area contributed by atoms with Crippen LogP contribution in [0.1, 0.15) is 28.4 Å². The van der Waals surface area contributed by atoms with E-state index < -0.39 is 21.9 Å². The largest absolute Gasteiger partial charge is 0.478 e. The molecule has 1 rings (SSSR count). The molecule has 0 fully saturated rings. The number of aromatic carboxylic acids is 1. The normalized spacial score (nSPS) is 12.7. The van der Waals surface area contributed by atoms with Gasteiger partial charge < -0.3 is 5.11 Å². The summed E-state index contributed by atoms with van der Waals surface area (Å²) in [5.74, 6) is -1.64. The molecule has 0 aliphatic carbocycles. The Balaban J connectivity index is 3.22. The zero-order chi connectivity index (χ0) is 15.5. The molecule has 0 aliphatic rings. The average Bonchev–Trinajstić information content (AvgIpc) is 2.35. The van der Waals surface area contributed by atoms with Gasteiger partial charge in [0.2, 0.25) is 10.0 Å². The number of sulfonamides is 1. The summed E-state index contributed by atoms with van der Waals surface area (Å²) in [6.45, 7) is 4.78. The Labute approximate surface area is 118 Å². The van der Waals surface area contributed by atoms with Crippen LogP contribution in [0.15, 0.2) is 17.0 Å². The first-order valence-corrected chi connectivity index (χ1v) is 7.41. The van der Waals surface area contributed by atoms with Crippen LogP contribution in [0, 0.1) is 31.1 Å². The van der Waals surface area contributed by atoms with Crippen molar-refractivity contribution in [2.45, 2.75) is 25.7 Å². The molecule has 2 N–H and O–H groups in total. The van der Waals surface area contributed by atoms with Crippen molar-refractivity contribution in [3.8, 4) is 6.07 Å². The number of nitrogens with zero attached hydrogens (tertiary/aromatic N) is 1. The highest BCUT2D eigenvalue weighted by Gasteiger charge is 2.21. The highest BCUT2D eigenvalue weighted by atomic mass is 32.2. The highest BCUT2D eigenvalue weighted by Crippen LogP contribution is 2.20. The lowest BCUT2D eigenvalue weighted by atomic mass is 10.1. The lowest BCUT2D eigenvalue weighted by Gasteiger charge is -2.12. The lowest BCUT2D eigenvalue weighted by Crippen LogP contribution is -2.28. The van der Waals surface area contributed by atoms with Crippen LogP contribution >= 0.6 is 0 Å². The van der Waals surface area contributed by atoms with Crippen molar-refractivity contribution >= 4 is 16.0 Å². The van der Waals surface area contributed by atoms with E-state index in [2.05, 4.69) is 4.72 Å². The number of nitrogens with one attached hydrogen (secondary N) is 1. The van der Waals surface area contributed by atoms with Gasteiger partial charge in [0.1, 0.15) is 0 Å². The number of benzene rings is 1. The quantitative estimate of drug-likeness (QED) is 0.854. The van der Waals surface area contributed by atoms with Gasteiger partial charge in [-0.15, -0.1) is 0 Å². The van der Waals surface area contributed by atoms with Crippen LogP contribution in [-0.4, -0.2) is 26.0 Å². The molecule has 1 aromatic carbocycles. The molecule has 0 aromatic heterocycles. The third-order valence-corrected chi connectivity index (χ3v) is 4.41. The van der Waals surface area contributed by atoms with Gasteiger partial charge in [0.05, 0.1) is 22.4 Å². The number of hydrogen-bond donors (Lipinski definition) is 2. The summed E-state index contributed by atoms with van der Waals surface area (Å²) in [6, 6.07) is 4.59. The molecule has 0 spiro atoms. The Kier molecular flexibility index (Phi) is 4.87. The number of carboxylic acids is 1. The number of rotatable bonds is 5. The van der Waals surface area contributed by atoms with Crippen molar-refractivity contribution in [2.75, 3.05) is 6.54 Å². The van der Waals surface area contributed by atoms with Crippen LogP contribution in [0.2, 0.25) is 0 Å². The predicted octanol–water partition coefficient (Wildman–Crippen LogP) is 1.44. The number of carboxylic acid groups (broad SMARTS) is 1. The summed E-state index contributed by atoms with van der Waals surface area (Å²) < 4.78 is 26.6. The van der Waals surface area contributed by atoms with Crippen molar-refractivity contribution < 1.29 is 18.3 Å². The number of nitriles is 1. The highest BCUT2D eigenvalue weighted by molar-refractivity contribution is 7.89. The third-order valence-electron chi connectivity index (χ3n) is 2.84. The maximum Gasteiger partial charge on any atom is 0.335 e. The average molecular weight is 296 g/mol. The second-order valence-corrected chi connectivity index (χ2v) is 6.36. The summed E-state index contributed by atoms with van der Waals surface area (Å²) in [6.07, 6.45) is 0. The second kappa shape index (κ2) is 6.03. The summed E-state index contributed by atoms with van der Waals surface area (Å²) in [5, 5.41) is 17.7. The predicted molar refractivity (Wildman–Crippen MR) is 72.8 cm³/mol. The summed E-state index contributed by atoms with van der Waals surface area (Å²) in [4.78, 5) is 11.0. The van der Waals surface area contributed by atoms with Crippen LogP contribution in [0.5, 0.6) is 0 Å². The third kappa shape index (κ3) is 3.56. The van der Waals surface area contributed by atoms with E-state index in [1.807, 2.05) is 6.07 Å². The zero-order valence-electron chi connectivity index (χ0n) is 11.5. The van der Waals surface area contributed by atoms with Crippen LogP contribution in [-0.2, 0) is 10.0 Å². The molecule has 0 saturated carbocycles. The Hall–Kier alpha value is -1.91. The van der Waals surface area contributed by atoms with E-state index in [0.717, 1.165) is 6.07 Å². The van der Waals surface area contributed by atoms with Crippen molar-refractivity contribution in [2.24, 2.45) is 5.92 Å². The molecule has 0 heterocycles. The van der Waals surface area contributed by atoms with E-state index in [0.29, 0.717) is 11.1 Å². The first kappa shape index (κ1) is 16.1. The SMILES string of the molecule is Cc1cc(C)c(S(=O)(=O)NCC(C)C#N)cc1C(=O)O. The Morgan fingerprint density at radius 3 is 2.50 bits per heavy atom. The molecule has 20 heavy (non-hydrogen) atoms. The molecule has 0 saturated heterocycles. The van der Waals surface area contributed by atoms with Crippen molar-refractivity contribution in [1.82, 2.24) is 4.72 Å². The number of hydrogen-bond acceptors (Lipinski definition) is 4. The minimum Gasteiger partial charge on any atom is -0.478 e. The number of aryl methyl sites for hydroxylation is 2. The molecule has 0 bridgehead atoms. The van der Waals surface area contributed by atoms with E-state index in [4.69, 9.17) is 10.4 Å². The van der Waals surface area contributed by atoms with Gasteiger partial charge in [-0.3, -0.25) is 0 Å². The molecule has 6 nitrogen and oxygen atoms in total. The first-order chi connectivity index (χ1) is 9.19. The van der Waals surface area contributed by atoms with Gasteiger partial charge in [0.25, 0.3) is 0 Å². The summed E-state index contributed by atoms with van der Waals surface area (Å²) in [5.41, 5.74) is 0.910. The minimum absolute atomic E-state index is 0.0193. The molecule has 108 valence electrons. The van der Waals surface area contributed by atoms with Crippen LogP contribution < -0.4 is 4.72 Å². The minimum atomic E-state index is -3.83. The first-order valence-electron chi connectivity index (χ1n) is 5.93. The Morgan fingerprint density at radius 1 is 1.40 bits per heavy atom. The maximum atomic E-state index is 12.1. The fourth-order valence-corrected chi connectivity index (χ4v) is 3.09. The van der Waals surface area contributed by atoms with Gasteiger partial charge in [-0.25, -0.2) is 17.9 Å². The topological polar surface area (TPSA) is 107 Å². The van der Waals surface area contributed by atoms with Crippen molar-refractivity contribution in [3.05, 3.63) is 28.8 Å². The van der Waals surface area contributed by atoms with E-state index in [9.17, 15) is 13.2 Å². The van der Waals surface area contributed by atoms with Crippen molar-refractivity contribution in [1.29, 1.82) is 5.26 Å². The van der Waals surface area contributed by atoms with Crippen molar-refractivity contribution in [3.63, 3.8) is 0 Å². The monoisotopic (exact) mass is 296 g/mol. The molecule has 0 amide bonds. The summed E-state index contributed by atoms with van der Waals surface area (Å²) in [7, 11) is -3.83. The number of carbonyl (C=O) groups is 1. The molecular weight excluding hydrogens is 280 g/mol. The molecule has 1 unspecified atom stereocenters. The van der Waals surface area contributed by atoms with Gasteiger partial charge in [-0.1, -0.05) is 6.07 Å². The van der Waals surface area contributed by atoms with Gasteiger partial charge in [0, 0.05) is 6.54 Å². The van der Waals surface area contributed by atoms with Crippen LogP contribution in [0.3, 0.4) is 0 Å². The standard InChI is InChI=1S/C13H16N2O4S/c1-8(6-14)7-15-20(18,19)12-5-11(13(16)17)9(2)4-10(12)3/h4-5,8,15H,7H2,1-3H3,(H,16,17). The van der Waals surface area contributed by atoms with E-state index in [1.54, 1.807) is 20.8 Å². The fraction of sp³-hybridized carbons (Fsp3) is 0.385. The second-order valence-electron chi connectivity index (χ2n) is 4.62. The molecular formula is C13H16N2O4S. The van der Waals surface area contributed by atoms with E-state index in [1.165, 1.54) is 6.07 Å². The lowest BCUT2D eigenvalue weighted by molar-refractivity contribution is 0.0696. The van der Waals surface area contributed by atoms with E-state index >= 15 is 0 Å². The fourth-order valence-electron chi connectivity index (χ4n) is 1.71. The van der Waals surface area contributed by atoms with Gasteiger partial charge >= 0.3 is 5.97 Å². The Morgan fingerprint density at radius 2 is 2.00 bits per heavy atom. The molecule has 1 atom stereocenters. The van der Waals surface area contributed by atoms with Crippen LogP contribution in [0.4, 0.5) is 0 Å².